The monoisotopic (exact) mass is 452 g/mol. The number of furan rings is 1. The number of aromatic nitrogens is 1. The van der Waals surface area contributed by atoms with Crippen molar-refractivity contribution in [2.75, 3.05) is 13.2 Å². The highest BCUT2D eigenvalue weighted by Crippen LogP contribution is 2.22. The molecule has 2 aromatic heterocycles. The number of carbonyl (C=O) groups excluding carboxylic acids is 3. The van der Waals surface area contributed by atoms with Crippen molar-refractivity contribution in [3.63, 3.8) is 0 Å². The average Bonchev–Trinajstić information content (AvgIpc) is 3.35. The molecule has 2 heterocycles. The predicted molar refractivity (Wildman–Crippen MR) is 119 cm³/mol. The van der Waals surface area contributed by atoms with Crippen molar-refractivity contribution < 1.29 is 28.3 Å². The standard InChI is InChI=1S/C23H20N2O6S/c1-3-29-20(26)13-25-16-10-9-15(22(28)30-4-2)12-19(16)32-23(25)24-21(27)18-11-14-7-5-6-8-17(14)31-18/h5-12H,3-4,13H2,1-2H3. The van der Waals surface area contributed by atoms with E-state index in [1.54, 1.807) is 48.7 Å². The molecule has 0 aliphatic heterocycles. The van der Waals surface area contributed by atoms with Crippen LogP contribution in [0.3, 0.4) is 0 Å². The maximum atomic E-state index is 12.8. The summed E-state index contributed by atoms with van der Waals surface area (Å²) < 4.78 is 18.0. The van der Waals surface area contributed by atoms with Crippen molar-refractivity contribution in [1.29, 1.82) is 0 Å². The Kier molecular flexibility index (Phi) is 6.18. The molecule has 0 unspecified atom stereocenters. The molecule has 0 radical (unpaired) electrons. The number of ether oxygens (including phenoxy) is 2. The quantitative estimate of drug-likeness (QED) is 0.411. The van der Waals surface area contributed by atoms with Gasteiger partial charge in [0.25, 0.3) is 0 Å². The second-order valence-corrected chi connectivity index (χ2v) is 7.75. The van der Waals surface area contributed by atoms with Gasteiger partial charge in [0.2, 0.25) is 0 Å². The van der Waals surface area contributed by atoms with Crippen LogP contribution in [-0.4, -0.2) is 35.6 Å². The Morgan fingerprint density at radius 3 is 2.56 bits per heavy atom. The van der Waals surface area contributed by atoms with Gasteiger partial charge < -0.3 is 18.5 Å². The molecule has 0 N–H and O–H groups in total. The van der Waals surface area contributed by atoms with Gasteiger partial charge in [-0.1, -0.05) is 29.5 Å². The highest BCUT2D eigenvalue weighted by atomic mass is 32.1. The van der Waals surface area contributed by atoms with Crippen LogP contribution >= 0.6 is 11.3 Å². The predicted octanol–water partition coefficient (Wildman–Crippen LogP) is 3.93. The van der Waals surface area contributed by atoms with Gasteiger partial charge in [-0.2, -0.15) is 4.99 Å². The smallest absolute Gasteiger partial charge is 0.338 e. The molecule has 0 bridgehead atoms. The third-order valence-electron chi connectivity index (χ3n) is 4.62. The van der Waals surface area contributed by atoms with Crippen LogP contribution in [-0.2, 0) is 20.8 Å². The number of carbonyl (C=O) groups is 3. The molecule has 9 heteroatoms. The summed E-state index contributed by atoms with van der Waals surface area (Å²) in [6, 6.07) is 13.9. The highest BCUT2D eigenvalue weighted by Gasteiger charge is 2.17. The van der Waals surface area contributed by atoms with E-state index in [0.29, 0.717) is 26.2 Å². The van der Waals surface area contributed by atoms with Gasteiger partial charge in [-0.3, -0.25) is 9.59 Å². The molecule has 0 fully saturated rings. The molecule has 0 aliphatic rings. The van der Waals surface area contributed by atoms with Crippen molar-refractivity contribution in [1.82, 2.24) is 4.57 Å². The minimum atomic E-state index is -0.573. The summed E-state index contributed by atoms with van der Waals surface area (Å²) in [5.74, 6) is -1.38. The molecule has 4 aromatic rings. The van der Waals surface area contributed by atoms with Gasteiger partial charge in [0, 0.05) is 5.39 Å². The molecule has 2 aromatic carbocycles. The number of nitrogens with zero attached hydrogens (tertiary/aromatic N) is 2. The van der Waals surface area contributed by atoms with E-state index in [2.05, 4.69) is 4.99 Å². The third-order valence-corrected chi connectivity index (χ3v) is 5.66. The first kappa shape index (κ1) is 21.5. The lowest BCUT2D eigenvalue weighted by Gasteiger charge is -2.06. The van der Waals surface area contributed by atoms with Crippen LogP contribution in [0.4, 0.5) is 0 Å². The van der Waals surface area contributed by atoms with E-state index in [1.165, 1.54) is 11.3 Å². The maximum absolute atomic E-state index is 12.8. The fourth-order valence-corrected chi connectivity index (χ4v) is 4.28. The fraction of sp³-hybridized carbons (Fsp3) is 0.217. The molecule has 0 spiro atoms. The lowest BCUT2D eigenvalue weighted by Crippen LogP contribution is -2.23. The van der Waals surface area contributed by atoms with E-state index in [0.717, 1.165) is 5.39 Å². The van der Waals surface area contributed by atoms with Gasteiger partial charge in [0.15, 0.2) is 10.6 Å². The van der Waals surface area contributed by atoms with Crippen molar-refractivity contribution in [2.24, 2.45) is 4.99 Å². The fourth-order valence-electron chi connectivity index (χ4n) is 3.22. The van der Waals surface area contributed by atoms with E-state index in [9.17, 15) is 14.4 Å². The molecule has 4 rings (SSSR count). The number of hydrogen-bond donors (Lipinski definition) is 0. The van der Waals surface area contributed by atoms with Crippen LogP contribution in [0.25, 0.3) is 21.2 Å². The van der Waals surface area contributed by atoms with Crippen LogP contribution in [0, 0.1) is 0 Å². The maximum Gasteiger partial charge on any atom is 0.338 e. The van der Waals surface area contributed by atoms with Gasteiger partial charge in [-0.25, -0.2) is 4.79 Å². The summed E-state index contributed by atoms with van der Waals surface area (Å²) in [6.07, 6.45) is 0. The number of amides is 1. The Balaban J connectivity index is 1.80. The third kappa shape index (κ3) is 4.33. The van der Waals surface area contributed by atoms with E-state index in [1.807, 2.05) is 18.2 Å². The summed E-state index contributed by atoms with van der Waals surface area (Å²) in [6.45, 7) is 3.82. The number of rotatable bonds is 6. The van der Waals surface area contributed by atoms with Crippen molar-refractivity contribution in [2.45, 2.75) is 20.4 Å². The number of esters is 2. The van der Waals surface area contributed by atoms with E-state index >= 15 is 0 Å². The van der Waals surface area contributed by atoms with Crippen molar-refractivity contribution in [3.8, 4) is 0 Å². The van der Waals surface area contributed by atoms with Crippen LogP contribution in [0.5, 0.6) is 0 Å². The lowest BCUT2D eigenvalue weighted by atomic mass is 10.2. The zero-order valence-electron chi connectivity index (χ0n) is 17.5. The summed E-state index contributed by atoms with van der Waals surface area (Å²) in [5.41, 5.74) is 1.60. The zero-order chi connectivity index (χ0) is 22.7. The molecule has 32 heavy (non-hydrogen) atoms. The largest absolute Gasteiger partial charge is 0.465 e. The van der Waals surface area contributed by atoms with Gasteiger partial charge in [0.1, 0.15) is 12.1 Å². The number of fused-ring (bicyclic) bond motifs is 2. The number of para-hydroxylation sites is 1. The van der Waals surface area contributed by atoms with Crippen LogP contribution < -0.4 is 4.80 Å². The Morgan fingerprint density at radius 2 is 1.81 bits per heavy atom. The Morgan fingerprint density at radius 1 is 1.03 bits per heavy atom. The molecule has 0 saturated carbocycles. The van der Waals surface area contributed by atoms with Crippen LogP contribution in [0.1, 0.15) is 34.8 Å². The topological polar surface area (TPSA) is 100 Å². The Hall–Kier alpha value is -3.72. The second kappa shape index (κ2) is 9.19. The molecular formula is C23H20N2O6S. The Labute approximate surface area is 186 Å². The van der Waals surface area contributed by atoms with Gasteiger partial charge >= 0.3 is 17.8 Å². The van der Waals surface area contributed by atoms with Crippen molar-refractivity contribution >= 4 is 50.4 Å². The molecular weight excluding hydrogens is 432 g/mol. The number of hydrogen-bond acceptors (Lipinski definition) is 7. The van der Waals surface area contributed by atoms with Gasteiger partial charge in [-0.15, -0.1) is 0 Å². The molecule has 164 valence electrons. The minimum absolute atomic E-state index is 0.0959. The minimum Gasteiger partial charge on any atom is -0.465 e. The first-order chi connectivity index (χ1) is 15.5. The van der Waals surface area contributed by atoms with Crippen LogP contribution in [0.15, 0.2) is 57.9 Å². The molecule has 0 atom stereocenters. The van der Waals surface area contributed by atoms with Gasteiger partial charge in [-0.05, 0) is 44.2 Å². The molecule has 8 nitrogen and oxygen atoms in total. The molecule has 1 amide bonds. The summed E-state index contributed by atoms with van der Waals surface area (Å²) in [4.78, 5) is 41.6. The van der Waals surface area contributed by atoms with E-state index in [-0.39, 0.29) is 25.5 Å². The molecule has 0 aliphatic carbocycles. The normalized spacial score (nSPS) is 11.8. The van der Waals surface area contributed by atoms with E-state index in [4.69, 9.17) is 13.9 Å². The average molecular weight is 452 g/mol. The first-order valence-electron chi connectivity index (χ1n) is 10.0. The first-order valence-corrected chi connectivity index (χ1v) is 10.9. The number of benzene rings is 2. The summed E-state index contributed by atoms with van der Waals surface area (Å²) in [7, 11) is 0. The lowest BCUT2D eigenvalue weighted by molar-refractivity contribution is -0.143. The summed E-state index contributed by atoms with van der Waals surface area (Å²) >= 11 is 1.18. The number of thiazole rings is 1. The highest BCUT2D eigenvalue weighted by molar-refractivity contribution is 7.16. The Bertz CT molecular complexity index is 1360. The van der Waals surface area contributed by atoms with Crippen molar-refractivity contribution in [3.05, 3.63) is 64.7 Å². The zero-order valence-corrected chi connectivity index (χ0v) is 18.3. The van der Waals surface area contributed by atoms with Crippen LogP contribution in [0.2, 0.25) is 0 Å². The summed E-state index contributed by atoms with van der Waals surface area (Å²) in [5, 5.41) is 0.792. The second-order valence-electron chi connectivity index (χ2n) is 6.74. The van der Waals surface area contributed by atoms with Gasteiger partial charge in [0.05, 0.1) is 29.0 Å². The van der Waals surface area contributed by atoms with E-state index < -0.39 is 17.8 Å². The molecule has 0 saturated heterocycles. The SMILES string of the molecule is CCOC(=O)Cn1c(=NC(=O)c2cc3ccccc3o2)sc2cc(C(=O)OCC)ccc21.